The molecular weight excluding hydrogens is 224 g/mol. The normalized spacial score (nSPS) is 17.9. The van der Waals surface area contributed by atoms with Gasteiger partial charge in [0.05, 0.1) is 0 Å². The molecule has 0 amide bonds. The van der Waals surface area contributed by atoms with Gasteiger partial charge in [-0.1, -0.05) is 13.3 Å². The summed E-state index contributed by atoms with van der Waals surface area (Å²) in [6, 6.07) is 2.51. The monoisotopic (exact) mass is 248 g/mol. The number of aromatic nitrogens is 2. The van der Waals surface area contributed by atoms with E-state index in [1.807, 2.05) is 0 Å². The van der Waals surface area contributed by atoms with Crippen molar-refractivity contribution >= 4 is 5.82 Å². The molecule has 1 saturated heterocycles. The number of hydrogen-bond acceptors (Lipinski definition) is 4. The highest BCUT2D eigenvalue weighted by Gasteiger charge is 2.14. The fraction of sp³-hybridized carbons (Fsp3) is 0.714. The van der Waals surface area contributed by atoms with Crippen LogP contribution in [0.25, 0.3) is 0 Å². The summed E-state index contributed by atoms with van der Waals surface area (Å²) in [7, 11) is 0. The van der Waals surface area contributed by atoms with Crippen LogP contribution >= 0.6 is 0 Å². The van der Waals surface area contributed by atoms with E-state index >= 15 is 0 Å². The van der Waals surface area contributed by atoms with E-state index in [9.17, 15) is 0 Å². The molecule has 1 aromatic rings. The summed E-state index contributed by atoms with van der Waals surface area (Å²) < 4.78 is 0. The van der Waals surface area contributed by atoms with E-state index in [0.29, 0.717) is 6.04 Å². The van der Waals surface area contributed by atoms with Crippen LogP contribution in [0.5, 0.6) is 0 Å². The van der Waals surface area contributed by atoms with Gasteiger partial charge in [0.15, 0.2) is 0 Å². The molecule has 0 bridgehead atoms. The van der Waals surface area contributed by atoms with E-state index in [0.717, 1.165) is 30.9 Å². The molecule has 0 aliphatic carbocycles. The average Bonchev–Trinajstić information content (AvgIpc) is 2.82. The maximum absolute atomic E-state index is 4.30. The van der Waals surface area contributed by atoms with Gasteiger partial charge in [-0.15, -0.1) is 0 Å². The van der Waals surface area contributed by atoms with Crippen molar-refractivity contribution in [2.24, 2.45) is 0 Å². The van der Waals surface area contributed by atoms with Gasteiger partial charge in [-0.25, -0.2) is 9.97 Å². The minimum atomic E-state index is 0.437. The minimum absolute atomic E-state index is 0.437. The maximum atomic E-state index is 4.30. The highest BCUT2D eigenvalue weighted by molar-refractivity contribution is 5.35. The molecule has 18 heavy (non-hydrogen) atoms. The van der Waals surface area contributed by atoms with Crippen molar-refractivity contribution in [1.29, 1.82) is 0 Å². The van der Waals surface area contributed by atoms with Crippen LogP contribution in [0.1, 0.15) is 38.8 Å². The third-order valence-electron chi connectivity index (χ3n) is 3.35. The number of nitrogens with one attached hydrogen (secondary N) is 1. The largest absolute Gasteiger partial charge is 0.366 e. The molecule has 0 radical (unpaired) electrons. The zero-order valence-corrected chi connectivity index (χ0v) is 11.5. The second kappa shape index (κ2) is 6.69. The fourth-order valence-corrected chi connectivity index (χ4v) is 2.52. The van der Waals surface area contributed by atoms with Gasteiger partial charge in [-0.3, -0.25) is 0 Å². The topological polar surface area (TPSA) is 41.0 Å². The van der Waals surface area contributed by atoms with Crippen LogP contribution in [0.3, 0.4) is 0 Å². The quantitative estimate of drug-likeness (QED) is 0.839. The van der Waals surface area contributed by atoms with Crippen LogP contribution < -0.4 is 5.32 Å². The summed E-state index contributed by atoms with van der Waals surface area (Å²) in [5, 5.41) is 3.47. The van der Waals surface area contributed by atoms with E-state index in [4.69, 9.17) is 0 Å². The Hall–Kier alpha value is -1.16. The van der Waals surface area contributed by atoms with Crippen molar-refractivity contribution in [2.75, 3.05) is 25.0 Å². The van der Waals surface area contributed by atoms with E-state index in [2.05, 4.69) is 40.1 Å². The predicted octanol–water partition coefficient (Wildman–Crippen LogP) is 2.33. The molecule has 1 unspecified atom stereocenters. The number of hydrogen-bond donors (Lipinski definition) is 1. The Labute approximate surface area is 110 Å². The first-order chi connectivity index (χ1) is 8.78. The van der Waals surface area contributed by atoms with Crippen LogP contribution in [-0.4, -0.2) is 40.5 Å². The zero-order chi connectivity index (χ0) is 12.8. The zero-order valence-electron chi connectivity index (χ0n) is 11.5. The van der Waals surface area contributed by atoms with E-state index in [1.54, 1.807) is 6.33 Å². The summed E-state index contributed by atoms with van der Waals surface area (Å²) in [4.78, 5) is 11.1. The second-order valence-electron chi connectivity index (χ2n) is 5.20. The van der Waals surface area contributed by atoms with Crippen LogP contribution in [0.15, 0.2) is 12.4 Å². The van der Waals surface area contributed by atoms with Crippen molar-refractivity contribution in [3.8, 4) is 0 Å². The molecule has 0 saturated carbocycles. The number of aryl methyl sites for hydroxylation is 1. The average molecular weight is 248 g/mol. The Kier molecular flexibility index (Phi) is 4.93. The Morgan fingerprint density at radius 1 is 1.33 bits per heavy atom. The van der Waals surface area contributed by atoms with Gasteiger partial charge in [0.2, 0.25) is 0 Å². The third kappa shape index (κ3) is 3.95. The van der Waals surface area contributed by atoms with E-state index < -0.39 is 0 Å². The Balaban J connectivity index is 1.85. The van der Waals surface area contributed by atoms with Crippen LogP contribution in [0.2, 0.25) is 0 Å². The molecule has 0 spiro atoms. The first kappa shape index (κ1) is 13.3. The number of nitrogens with zero attached hydrogens (tertiary/aromatic N) is 3. The SMILES string of the molecule is CCCc1cc(NC(C)CN2CCCC2)ncn1. The molecule has 100 valence electrons. The van der Waals surface area contributed by atoms with Crippen LogP contribution in [0, 0.1) is 0 Å². The molecule has 4 heteroatoms. The summed E-state index contributed by atoms with van der Waals surface area (Å²) in [5.41, 5.74) is 1.13. The Morgan fingerprint density at radius 3 is 2.83 bits per heavy atom. The lowest BCUT2D eigenvalue weighted by atomic mass is 10.2. The summed E-state index contributed by atoms with van der Waals surface area (Å²) in [5.74, 6) is 0.958. The van der Waals surface area contributed by atoms with Gasteiger partial charge in [-0.2, -0.15) is 0 Å². The molecule has 1 atom stereocenters. The highest BCUT2D eigenvalue weighted by Crippen LogP contribution is 2.11. The van der Waals surface area contributed by atoms with Crippen molar-refractivity contribution in [3.05, 3.63) is 18.1 Å². The summed E-state index contributed by atoms with van der Waals surface area (Å²) in [6.07, 6.45) is 6.51. The highest BCUT2D eigenvalue weighted by atomic mass is 15.2. The lowest BCUT2D eigenvalue weighted by Crippen LogP contribution is -2.33. The van der Waals surface area contributed by atoms with Crippen molar-refractivity contribution in [3.63, 3.8) is 0 Å². The number of rotatable bonds is 6. The van der Waals surface area contributed by atoms with Crippen molar-refractivity contribution in [2.45, 2.75) is 45.6 Å². The Bertz CT molecular complexity index is 361. The van der Waals surface area contributed by atoms with Gasteiger partial charge in [-0.05, 0) is 39.3 Å². The van der Waals surface area contributed by atoms with Crippen molar-refractivity contribution < 1.29 is 0 Å². The maximum Gasteiger partial charge on any atom is 0.129 e. The third-order valence-corrected chi connectivity index (χ3v) is 3.35. The van der Waals surface area contributed by atoms with Gasteiger partial charge < -0.3 is 10.2 Å². The van der Waals surface area contributed by atoms with E-state index in [-0.39, 0.29) is 0 Å². The smallest absolute Gasteiger partial charge is 0.129 e. The van der Waals surface area contributed by atoms with Crippen LogP contribution in [-0.2, 0) is 6.42 Å². The number of anilines is 1. The predicted molar refractivity (Wildman–Crippen MR) is 74.8 cm³/mol. The minimum Gasteiger partial charge on any atom is -0.366 e. The van der Waals surface area contributed by atoms with Crippen LogP contribution in [0.4, 0.5) is 5.82 Å². The second-order valence-corrected chi connectivity index (χ2v) is 5.20. The van der Waals surface area contributed by atoms with E-state index in [1.165, 1.54) is 25.9 Å². The summed E-state index contributed by atoms with van der Waals surface area (Å²) >= 11 is 0. The first-order valence-corrected chi connectivity index (χ1v) is 7.07. The molecule has 1 N–H and O–H groups in total. The lowest BCUT2D eigenvalue weighted by molar-refractivity contribution is 0.327. The molecular formula is C14H24N4. The van der Waals surface area contributed by atoms with Crippen molar-refractivity contribution in [1.82, 2.24) is 14.9 Å². The molecule has 1 fully saturated rings. The molecule has 0 aromatic carbocycles. The molecule has 4 nitrogen and oxygen atoms in total. The van der Waals surface area contributed by atoms with Gasteiger partial charge in [0, 0.05) is 24.3 Å². The first-order valence-electron chi connectivity index (χ1n) is 7.07. The number of likely N-dealkylation sites (tertiary alicyclic amines) is 1. The van der Waals surface area contributed by atoms with Gasteiger partial charge in [0.25, 0.3) is 0 Å². The molecule has 1 aromatic heterocycles. The fourth-order valence-electron chi connectivity index (χ4n) is 2.52. The summed E-state index contributed by atoms with van der Waals surface area (Å²) in [6.45, 7) is 7.99. The van der Waals surface area contributed by atoms with Gasteiger partial charge in [0.1, 0.15) is 12.1 Å². The molecule has 2 heterocycles. The lowest BCUT2D eigenvalue weighted by Gasteiger charge is -2.21. The van der Waals surface area contributed by atoms with Gasteiger partial charge >= 0.3 is 0 Å². The Morgan fingerprint density at radius 2 is 2.11 bits per heavy atom. The molecule has 2 rings (SSSR count). The molecule has 1 aliphatic rings. The molecule has 1 aliphatic heterocycles. The standard InChI is InChI=1S/C14H24N4/c1-3-6-13-9-14(16-11-15-13)17-12(2)10-18-7-4-5-8-18/h9,11-12H,3-8,10H2,1-2H3,(H,15,16,17).